The van der Waals surface area contributed by atoms with Crippen molar-refractivity contribution in [1.29, 1.82) is 0 Å². The Morgan fingerprint density at radius 2 is 2.21 bits per heavy atom. The molecule has 0 fully saturated rings. The van der Waals surface area contributed by atoms with E-state index in [1.54, 1.807) is 6.92 Å². The molecule has 0 aromatic carbocycles. The standard InChI is InChI=1S/C12H13FN2O3S/c1-3-7-14-10-8(11(16)15(7)5-4-13)6(2)9(19-10)12(17)18/h3-5H2,1-2H3,(H,17,18). The fraction of sp³-hybridized carbons (Fsp3) is 0.417. The van der Waals surface area contributed by atoms with Gasteiger partial charge >= 0.3 is 5.97 Å². The van der Waals surface area contributed by atoms with Crippen LogP contribution in [0.1, 0.15) is 28.0 Å². The van der Waals surface area contributed by atoms with Crippen molar-refractivity contribution >= 4 is 27.5 Å². The van der Waals surface area contributed by atoms with Crippen molar-refractivity contribution in [3.63, 3.8) is 0 Å². The van der Waals surface area contributed by atoms with Gasteiger partial charge in [-0.2, -0.15) is 0 Å². The first-order valence-corrected chi connectivity index (χ1v) is 6.65. The molecule has 0 spiro atoms. The monoisotopic (exact) mass is 284 g/mol. The lowest BCUT2D eigenvalue weighted by molar-refractivity contribution is 0.0701. The number of carbonyl (C=O) groups is 1. The normalized spacial score (nSPS) is 11.1. The van der Waals surface area contributed by atoms with Crippen molar-refractivity contribution in [2.45, 2.75) is 26.8 Å². The van der Waals surface area contributed by atoms with Gasteiger partial charge in [0.25, 0.3) is 5.56 Å². The highest BCUT2D eigenvalue weighted by atomic mass is 32.1. The molecule has 0 unspecified atom stereocenters. The summed E-state index contributed by atoms with van der Waals surface area (Å²) >= 11 is 0.985. The van der Waals surface area contributed by atoms with Gasteiger partial charge in [-0.3, -0.25) is 9.36 Å². The van der Waals surface area contributed by atoms with Crippen molar-refractivity contribution in [2.75, 3.05) is 6.67 Å². The average molecular weight is 284 g/mol. The zero-order valence-electron chi connectivity index (χ0n) is 10.6. The number of halogens is 1. The van der Waals surface area contributed by atoms with Crippen molar-refractivity contribution < 1.29 is 14.3 Å². The maximum Gasteiger partial charge on any atom is 0.346 e. The van der Waals surface area contributed by atoms with Gasteiger partial charge in [-0.1, -0.05) is 6.92 Å². The highest BCUT2D eigenvalue weighted by molar-refractivity contribution is 7.20. The van der Waals surface area contributed by atoms with Crippen LogP contribution in [0.2, 0.25) is 0 Å². The molecule has 0 aliphatic carbocycles. The number of hydrogen-bond acceptors (Lipinski definition) is 4. The third-order valence-electron chi connectivity index (χ3n) is 2.95. The van der Waals surface area contributed by atoms with Gasteiger partial charge in [-0.15, -0.1) is 11.3 Å². The van der Waals surface area contributed by atoms with Gasteiger partial charge in [0, 0.05) is 6.42 Å². The Kier molecular flexibility index (Phi) is 3.66. The SMILES string of the molecule is CCc1nc2sc(C(=O)O)c(C)c2c(=O)n1CCF. The fourth-order valence-corrected chi connectivity index (χ4v) is 3.08. The molecule has 0 radical (unpaired) electrons. The first-order valence-electron chi connectivity index (χ1n) is 5.83. The van der Waals surface area contributed by atoms with Gasteiger partial charge in [-0.05, 0) is 12.5 Å². The largest absolute Gasteiger partial charge is 0.477 e. The second-order valence-corrected chi connectivity index (χ2v) is 5.07. The van der Waals surface area contributed by atoms with Crippen molar-refractivity contribution in [3.05, 3.63) is 26.6 Å². The molecule has 0 saturated carbocycles. The smallest absolute Gasteiger partial charge is 0.346 e. The minimum Gasteiger partial charge on any atom is -0.477 e. The molecule has 0 saturated heterocycles. The lowest BCUT2D eigenvalue weighted by Gasteiger charge is -2.08. The maximum atomic E-state index is 12.5. The molecule has 2 heterocycles. The molecule has 0 bridgehead atoms. The fourth-order valence-electron chi connectivity index (χ4n) is 2.05. The topological polar surface area (TPSA) is 72.2 Å². The summed E-state index contributed by atoms with van der Waals surface area (Å²) in [6.07, 6.45) is 0.491. The minimum atomic E-state index is -1.07. The molecule has 19 heavy (non-hydrogen) atoms. The van der Waals surface area contributed by atoms with Gasteiger partial charge in [0.15, 0.2) is 0 Å². The van der Waals surface area contributed by atoms with Gasteiger partial charge in [0.05, 0.1) is 11.9 Å². The summed E-state index contributed by atoms with van der Waals surface area (Å²) in [4.78, 5) is 28.2. The first-order chi connectivity index (χ1) is 9.01. The number of rotatable bonds is 4. The van der Waals surface area contributed by atoms with Crippen LogP contribution in [0.15, 0.2) is 4.79 Å². The predicted molar refractivity (Wildman–Crippen MR) is 70.9 cm³/mol. The van der Waals surface area contributed by atoms with E-state index in [4.69, 9.17) is 5.11 Å². The molecule has 1 N–H and O–H groups in total. The number of aryl methyl sites for hydroxylation is 2. The van der Waals surface area contributed by atoms with Crippen LogP contribution in [0.25, 0.3) is 10.2 Å². The molecule has 102 valence electrons. The van der Waals surface area contributed by atoms with Gasteiger partial charge < -0.3 is 5.11 Å². The summed E-state index contributed by atoms with van der Waals surface area (Å²) < 4.78 is 13.8. The zero-order valence-corrected chi connectivity index (χ0v) is 11.4. The molecule has 5 nitrogen and oxygen atoms in total. The minimum absolute atomic E-state index is 0.0529. The predicted octanol–water partition coefficient (Wildman–Crippen LogP) is 2.00. The summed E-state index contributed by atoms with van der Waals surface area (Å²) in [6.45, 7) is 2.69. The first kappa shape index (κ1) is 13.7. The van der Waals surface area contributed by atoms with E-state index in [9.17, 15) is 14.0 Å². The lowest BCUT2D eigenvalue weighted by atomic mass is 10.2. The Hall–Kier alpha value is -1.76. The third-order valence-corrected chi connectivity index (χ3v) is 4.12. The molecular weight excluding hydrogens is 271 g/mol. The lowest BCUT2D eigenvalue weighted by Crippen LogP contribution is -2.25. The number of hydrogen-bond donors (Lipinski definition) is 1. The van der Waals surface area contributed by atoms with E-state index >= 15 is 0 Å². The molecular formula is C12H13FN2O3S. The number of fused-ring (bicyclic) bond motifs is 1. The summed E-state index contributed by atoms with van der Waals surface area (Å²) in [7, 11) is 0. The summed E-state index contributed by atoms with van der Waals surface area (Å²) in [5.74, 6) is -0.594. The van der Waals surface area contributed by atoms with E-state index in [2.05, 4.69) is 4.98 Å². The third kappa shape index (κ3) is 2.14. The van der Waals surface area contributed by atoms with E-state index in [-0.39, 0.29) is 22.4 Å². The summed E-state index contributed by atoms with van der Waals surface area (Å²) in [5, 5.41) is 9.36. The Morgan fingerprint density at radius 3 is 2.74 bits per heavy atom. The van der Waals surface area contributed by atoms with Crippen LogP contribution in [0.3, 0.4) is 0 Å². The molecule has 2 aromatic heterocycles. The molecule has 0 aliphatic heterocycles. The molecule has 7 heteroatoms. The van der Waals surface area contributed by atoms with E-state index in [1.165, 1.54) is 4.57 Å². The van der Waals surface area contributed by atoms with E-state index in [0.29, 0.717) is 22.6 Å². The number of alkyl halides is 1. The van der Waals surface area contributed by atoms with Gasteiger partial charge in [0.2, 0.25) is 0 Å². The molecule has 0 atom stereocenters. The van der Waals surface area contributed by atoms with Crippen LogP contribution in [0.5, 0.6) is 0 Å². The van der Waals surface area contributed by atoms with Crippen molar-refractivity contribution in [3.8, 4) is 0 Å². The van der Waals surface area contributed by atoms with Crippen LogP contribution >= 0.6 is 11.3 Å². The second kappa shape index (κ2) is 5.08. The van der Waals surface area contributed by atoms with E-state index < -0.39 is 12.6 Å². The molecule has 2 rings (SSSR count). The maximum absolute atomic E-state index is 12.5. The Balaban J connectivity index is 2.85. The number of nitrogens with zero attached hydrogens (tertiary/aromatic N) is 2. The molecule has 0 aliphatic rings. The number of carboxylic acid groups (broad SMARTS) is 1. The van der Waals surface area contributed by atoms with Gasteiger partial charge in [-0.25, -0.2) is 14.2 Å². The van der Waals surface area contributed by atoms with Crippen molar-refractivity contribution in [1.82, 2.24) is 9.55 Å². The molecule has 0 amide bonds. The van der Waals surface area contributed by atoms with Crippen LogP contribution < -0.4 is 5.56 Å². The van der Waals surface area contributed by atoms with Crippen molar-refractivity contribution in [2.24, 2.45) is 0 Å². The Morgan fingerprint density at radius 1 is 1.53 bits per heavy atom. The number of carboxylic acids is 1. The van der Waals surface area contributed by atoms with Crippen LogP contribution in [0.4, 0.5) is 4.39 Å². The van der Waals surface area contributed by atoms with E-state index in [1.807, 2.05) is 6.92 Å². The van der Waals surface area contributed by atoms with E-state index in [0.717, 1.165) is 11.3 Å². The zero-order chi connectivity index (χ0) is 14.2. The summed E-state index contributed by atoms with van der Waals surface area (Å²) in [6, 6.07) is 0. The molecule has 2 aromatic rings. The van der Waals surface area contributed by atoms with Crippen LogP contribution in [-0.4, -0.2) is 27.3 Å². The summed E-state index contributed by atoms with van der Waals surface area (Å²) in [5.41, 5.74) is 0.0426. The van der Waals surface area contributed by atoms with Gasteiger partial charge in [0.1, 0.15) is 22.2 Å². The highest BCUT2D eigenvalue weighted by Gasteiger charge is 2.20. The number of aromatic nitrogens is 2. The average Bonchev–Trinajstić information content (AvgIpc) is 2.70. The number of aromatic carboxylic acids is 1. The van der Waals surface area contributed by atoms with Crippen LogP contribution in [-0.2, 0) is 13.0 Å². The second-order valence-electron chi connectivity index (χ2n) is 4.07. The Labute approximate surface area is 112 Å². The quantitative estimate of drug-likeness (QED) is 0.932. The highest BCUT2D eigenvalue weighted by Crippen LogP contribution is 2.27. The number of thiophene rings is 1. The van der Waals surface area contributed by atoms with Crippen LogP contribution in [0, 0.1) is 6.92 Å². The Bertz CT molecular complexity index is 705.